The van der Waals surface area contributed by atoms with Gasteiger partial charge in [-0.1, -0.05) is 54.6 Å². The summed E-state index contributed by atoms with van der Waals surface area (Å²) in [4.78, 5) is 55.1. The number of benzene rings is 2. The van der Waals surface area contributed by atoms with Crippen molar-refractivity contribution in [2.45, 2.75) is 44.6 Å². The van der Waals surface area contributed by atoms with Crippen molar-refractivity contribution in [3.63, 3.8) is 0 Å². The van der Waals surface area contributed by atoms with E-state index in [4.69, 9.17) is 0 Å². The van der Waals surface area contributed by atoms with E-state index in [0.717, 1.165) is 49.2 Å². The second kappa shape index (κ2) is 12.6. The van der Waals surface area contributed by atoms with E-state index in [2.05, 4.69) is 29.6 Å². The fourth-order valence-corrected chi connectivity index (χ4v) is 6.09. The van der Waals surface area contributed by atoms with Crippen molar-refractivity contribution in [2.24, 2.45) is 11.8 Å². The molecule has 9 nitrogen and oxygen atoms in total. The zero-order chi connectivity index (χ0) is 28.1. The maximum Gasteiger partial charge on any atom is 0.327 e. The lowest BCUT2D eigenvalue weighted by atomic mass is 9.78. The van der Waals surface area contributed by atoms with Gasteiger partial charge in [0.25, 0.3) is 0 Å². The van der Waals surface area contributed by atoms with Gasteiger partial charge in [0, 0.05) is 26.2 Å². The number of aryl methyl sites for hydroxylation is 2. The van der Waals surface area contributed by atoms with E-state index < -0.39 is 24.0 Å². The standard InChI is InChI=1S/C31H38N4O5/c36-27(21-24-10-8-23(9-11-24)7-6-22-4-2-1-3-5-22)33-16-18-34(19-17-33)31(40)35-28(30(38)39)26(29(35)37)20-25-12-14-32-15-13-25/h1-5,8-11,25-26,28,32H,6-7,12-21H2,(H,38,39)/t26-,28+/m1/s1. The monoisotopic (exact) mass is 546 g/mol. The third kappa shape index (κ3) is 6.36. The average molecular weight is 547 g/mol. The number of likely N-dealkylation sites (tertiary alicyclic amines) is 1. The highest BCUT2D eigenvalue weighted by atomic mass is 16.4. The predicted octanol–water partition coefficient (Wildman–Crippen LogP) is 2.58. The third-order valence-electron chi connectivity index (χ3n) is 8.55. The second-order valence-electron chi connectivity index (χ2n) is 11.2. The number of rotatable bonds is 8. The third-order valence-corrected chi connectivity index (χ3v) is 8.55. The number of piperidine rings is 1. The Kier molecular flexibility index (Phi) is 8.79. The number of hydrogen-bond acceptors (Lipinski definition) is 5. The lowest BCUT2D eigenvalue weighted by Gasteiger charge is -2.47. The zero-order valence-electron chi connectivity index (χ0n) is 22.8. The summed E-state index contributed by atoms with van der Waals surface area (Å²) in [7, 11) is 0. The van der Waals surface area contributed by atoms with Crippen LogP contribution < -0.4 is 5.32 Å². The molecule has 0 spiro atoms. The number of carbonyl (C=O) groups is 4. The Balaban J connectivity index is 1.09. The largest absolute Gasteiger partial charge is 0.480 e. The SMILES string of the molecule is O=C(O)[C@@H]1[C@@H](CC2CCNCC2)C(=O)N1C(=O)N1CCN(C(=O)Cc2ccc(CCc3ccccc3)cc2)CC1. The average Bonchev–Trinajstić information content (AvgIpc) is 2.98. The van der Waals surface area contributed by atoms with Crippen molar-refractivity contribution < 1.29 is 24.3 Å². The highest BCUT2D eigenvalue weighted by molar-refractivity contribution is 6.07. The van der Waals surface area contributed by atoms with Crippen LogP contribution in [0.3, 0.4) is 0 Å². The summed E-state index contributed by atoms with van der Waals surface area (Å²) < 4.78 is 0. The molecule has 0 aliphatic carbocycles. The van der Waals surface area contributed by atoms with Gasteiger partial charge in [-0.05, 0) is 67.8 Å². The first-order valence-electron chi connectivity index (χ1n) is 14.4. The van der Waals surface area contributed by atoms with Crippen LogP contribution in [0.5, 0.6) is 0 Å². The number of carbonyl (C=O) groups excluding carboxylic acids is 3. The van der Waals surface area contributed by atoms with Crippen molar-refractivity contribution in [1.29, 1.82) is 0 Å². The van der Waals surface area contributed by atoms with Crippen LogP contribution in [0.4, 0.5) is 4.79 Å². The first kappa shape index (κ1) is 27.8. The van der Waals surface area contributed by atoms with Crippen LogP contribution in [0.2, 0.25) is 0 Å². The molecule has 3 saturated heterocycles. The molecule has 3 aliphatic heterocycles. The minimum absolute atomic E-state index is 0.00499. The Bertz CT molecular complexity index is 1200. The lowest BCUT2D eigenvalue weighted by Crippen LogP contribution is -2.69. The van der Waals surface area contributed by atoms with E-state index in [-0.39, 0.29) is 31.3 Å². The normalized spacial score (nSPS) is 21.7. The van der Waals surface area contributed by atoms with Gasteiger partial charge >= 0.3 is 12.0 Å². The molecule has 0 aromatic heterocycles. The van der Waals surface area contributed by atoms with Gasteiger partial charge in [0.05, 0.1) is 12.3 Å². The van der Waals surface area contributed by atoms with Gasteiger partial charge in [-0.15, -0.1) is 0 Å². The maximum absolute atomic E-state index is 13.1. The number of imide groups is 1. The van der Waals surface area contributed by atoms with Crippen LogP contribution >= 0.6 is 0 Å². The number of nitrogens with one attached hydrogen (secondary N) is 1. The molecule has 0 saturated carbocycles. The molecule has 40 heavy (non-hydrogen) atoms. The molecule has 0 radical (unpaired) electrons. The topological polar surface area (TPSA) is 110 Å². The highest BCUT2D eigenvalue weighted by Crippen LogP contribution is 2.35. The van der Waals surface area contributed by atoms with E-state index in [1.165, 1.54) is 16.0 Å². The van der Waals surface area contributed by atoms with Gasteiger partial charge in [0.15, 0.2) is 6.04 Å². The number of nitrogens with zero attached hydrogens (tertiary/aromatic N) is 3. The molecule has 3 fully saturated rings. The van der Waals surface area contributed by atoms with E-state index >= 15 is 0 Å². The second-order valence-corrected chi connectivity index (χ2v) is 11.2. The number of piperazine rings is 1. The minimum atomic E-state index is -1.13. The quantitative estimate of drug-likeness (QED) is 0.493. The fraction of sp³-hybridized carbons (Fsp3) is 0.484. The van der Waals surface area contributed by atoms with Crippen molar-refractivity contribution in [2.75, 3.05) is 39.3 Å². The molecule has 2 aromatic rings. The smallest absolute Gasteiger partial charge is 0.327 e. The Morgan fingerprint density at radius 1 is 0.800 bits per heavy atom. The van der Waals surface area contributed by atoms with Crippen LogP contribution in [0.15, 0.2) is 54.6 Å². The summed E-state index contributed by atoms with van der Waals surface area (Å²) >= 11 is 0. The number of urea groups is 1. The summed E-state index contributed by atoms with van der Waals surface area (Å²) in [6.45, 7) is 3.01. The van der Waals surface area contributed by atoms with Crippen molar-refractivity contribution >= 4 is 23.8 Å². The van der Waals surface area contributed by atoms with Gasteiger partial charge in [-0.25, -0.2) is 14.5 Å². The summed E-state index contributed by atoms with van der Waals surface area (Å²) in [6, 6.07) is 16.8. The number of hydrogen-bond donors (Lipinski definition) is 2. The first-order valence-corrected chi connectivity index (χ1v) is 14.4. The number of carboxylic acids is 1. The molecule has 9 heteroatoms. The van der Waals surface area contributed by atoms with Crippen LogP contribution in [0.1, 0.15) is 36.0 Å². The summed E-state index contributed by atoms with van der Waals surface area (Å²) in [5.74, 6) is -1.87. The summed E-state index contributed by atoms with van der Waals surface area (Å²) in [5, 5.41) is 13.1. The van der Waals surface area contributed by atoms with Gasteiger partial charge in [-0.2, -0.15) is 0 Å². The van der Waals surface area contributed by atoms with Gasteiger partial charge in [0.2, 0.25) is 11.8 Å². The van der Waals surface area contributed by atoms with Crippen LogP contribution in [-0.2, 0) is 33.6 Å². The first-order chi connectivity index (χ1) is 19.4. The molecule has 0 unspecified atom stereocenters. The van der Waals surface area contributed by atoms with Crippen molar-refractivity contribution in [3.05, 3.63) is 71.3 Å². The molecule has 5 rings (SSSR count). The maximum atomic E-state index is 13.1. The van der Waals surface area contributed by atoms with Gasteiger partial charge in [-0.3, -0.25) is 9.59 Å². The molecule has 2 atom stereocenters. The number of carboxylic acid groups (broad SMARTS) is 1. The number of amides is 4. The molecule has 2 aromatic carbocycles. The molecule has 0 bridgehead atoms. The van der Waals surface area contributed by atoms with Crippen LogP contribution in [0, 0.1) is 11.8 Å². The predicted molar refractivity (Wildman–Crippen MR) is 150 cm³/mol. The Morgan fingerprint density at radius 3 is 2.00 bits per heavy atom. The van der Waals surface area contributed by atoms with Crippen molar-refractivity contribution in [1.82, 2.24) is 20.0 Å². The molecular formula is C31H38N4O5. The van der Waals surface area contributed by atoms with E-state index in [1.54, 1.807) is 4.90 Å². The molecular weight excluding hydrogens is 508 g/mol. The van der Waals surface area contributed by atoms with Crippen molar-refractivity contribution in [3.8, 4) is 0 Å². The Hall–Kier alpha value is -3.72. The van der Waals surface area contributed by atoms with E-state index in [1.807, 2.05) is 30.3 Å². The number of aliphatic carboxylic acids is 1. The highest BCUT2D eigenvalue weighted by Gasteiger charge is 2.56. The summed E-state index contributed by atoms with van der Waals surface area (Å²) in [6.07, 6.45) is 4.54. The Labute approximate surface area is 235 Å². The van der Waals surface area contributed by atoms with Crippen LogP contribution in [0.25, 0.3) is 0 Å². The fourth-order valence-electron chi connectivity index (χ4n) is 6.09. The Morgan fingerprint density at radius 2 is 1.38 bits per heavy atom. The van der Waals surface area contributed by atoms with E-state index in [9.17, 15) is 24.3 Å². The minimum Gasteiger partial charge on any atom is -0.480 e. The van der Waals surface area contributed by atoms with Gasteiger partial charge in [0.1, 0.15) is 0 Å². The van der Waals surface area contributed by atoms with Crippen LogP contribution in [-0.4, -0.2) is 88.9 Å². The van der Waals surface area contributed by atoms with E-state index in [0.29, 0.717) is 25.4 Å². The molecule has 3 heterocycles. The van der Waals surface area contributed by atoms with Gasteiger partial charge < -0.3 is 20.2 Å². The number of β-lactam (4-membered cyclic amide) rings is 1. The lowest BCUT2D eigenvalue weighted by molar-refractivity contribution is -0.167. The molecule has 2 N–H and O–H groups in total. The molecule has 212 valence electrons. The summed E-state index contributed by atoms with van der Waals surface area (Å²) in [5.41, 5.74) is 3.47. The molecule has 4 amide bonds. The zero-order valence-corrected chi connectivity index (χ0v) is 22.8. The molecule has 3 aliphatic rings.